The highest BCUT2D eigenvalue weighted by Crippen LogP contribution is 2.19. The first-order valence-electron chi connectivity index (χ1n) is 5.43. The summed E-state index contributed by atoms with van der Waals surface area (Å²) in [5.41, 5.74) is 6.90. The molecule has 92 valence electrons. The van der Waals surface area contributed by atoms with E-state index in [-0.39, 0.29) is 6.04 Å². The maximum absolute atomic E-state index is 5.98. The van der Waals surface area contributed by atoms with E-state index in [1.165, 1.54) is 0 Å². The summed E-state index contributed by atoms with van der Waals surface area (Å²) in [5, 5.41) is 3.82. The molecule has 3 N–H and O–H groups in total. The van der Waals surface area contributed by atoms with Crippen molar-refractivity contribution >= 4 is 0 Å². The molecular weight excluding hydrogens is 234 g/mol. The van der Waals surface area contributed by atoms with Crippen LogP contribution in [0.15, 0.2) is 39.9 Å². The zero-order valence-corrected chi connectivity index (χ0v) is 9.41. The molecule has 0 aromatic carbocycles. The van der Waals surface area contributed by atoms with E-state index in [1.54, 1.807) is 30.9 Å². The SMILES string of the molecule is NC(Cc1cnc[nH]1)c1nc(-c2ccco2)no1. The molecule has 3 rings (SSSR count). The van der Waals surface area contributed by atoms with Crippen LogP contribution in [0, 0.1) is 0 Å². The van der Waals surface area contributed by atoms with Gasteiger partial charge in [0.15, 0.2) is 5.76 Å². The third-order valence-corrected chi connectivity index (χ3v) is 2.50. The van der Waals surface area contributed by atoms with Crippen LogP contribution in [0.3, 0.4) is 0 Å². The summed E-state index contributed by atoms with van der Waals surface area (Å²) < 4.78 is 10.3. The number of nitrogens with one attached hydrogen (secondary N) is 1. The highest BCUT2D eigenvalue weighted by molar-refractivity contribution is 5.44. The molecule has 0 fully saturated rings. The largest absolute Gasteiger partial charge is 0.461 e. The van der Waals surface area contributed by atoms with Crippen LogP contribution >= 0.6 is 0 Å². The van der Waals surface area contributed by atoms with Gasteiger partial charge in [0, 0.05) is 18.3 Å². The Morgan fingerprint density at radius 3 is 3.11 bits per heavy atom. The lowest BCUT2D eigenvalue weighted by molar-refractivity contribution is 0.353. The van der Waals surface area contributed by atoms with Crippen LogP contribution in [-0.2, 0) is 6.42 Å². The molecule has 7 nitrogen and oxygen atoms in total. The topological polar surface area (TPSA) is 107 Å². The molecule has 0 saturated carbocycles. The Hall–Kier alpha value is -2.41. The summed E-state index contributed by atoms with van der Waals surface area (Å²) in [6.07, 6.45) is 5.42. The van der Waals surface area contributed by atoms with Crippen molar-refractivity contribution in [1.82, 2.24) is 20.1 Å². The van der Waals surface area contributed by atoms with Gasteiger partial charge < -0.3 is 19.7 Å². The molecule has 0 radical (unpaired) electrons. The van der Waals surface area contributed by atoms with Crippen molar-refractivity contribution in [3.05, 3.63) is 42.5 Å². The summed E-state index contributed by atoms with van der Waals surface area (Å²) in [6.45, 7) is 0. The molecule has 1 atom stereocenters. The van der Waals surface area contributed by atoms with Gasteiger partial charge in [0.2, 0.25) is 11.7 Å². The number of hydrogen-bond acceptors (Lipinski definition) is 6. The first kappa shape index (κ1) is 10.7. The van der Waals surface area contributed by atoms with Crippen molar-refractivity contribution < 1.29 is 8.94 Å². The number of nitrogens with zero attached hydrogens (tertiary/aromatic N) is 3. The molecule has 0 bridgehead atoms. The minimum Gasteiger partial charge on any atom is -0.461 e. The molecule has 0 aliphatic heterocycles. The van der Waals surface area contributed by atoms with Crippen molar-refractivity contribution in [3.63, 3.8) is 0 Å². The molecule has 0 aliphatic rings. The maximum atomic E-state index is 5.98. The number of aromatic amines is 1. The van der Waals surface area contributed by atoms with Gasteiger partial charge in [-0.05, 0) is 12.1 Å². The zero-order chi connectivity index (χ0) is 12.4. The van der Waals surface area contributed by atoms with E-state index in [4.69, 9.17) is 14.7 Å². The Morgan fingerprint density at radius 1 is 1.44 bits per heavy atom. The fourth-order valence-corrected chi connectivity index (χ4v) is 1.61. The Balaban J connectivity index is 1.77. The minimum absolute atomic E-state index is 0.371. The lowest BCUT2D eigenvalue weighted by Crippen LogP contribution is -2.13. The third-order valence-electron chi connectivity index (χ3n) is 2.50. The van der Waals surface area contributed by atoms with Gasteiger partial charge in [-0.25, -0.2) is 4.98 Å². The second-order valence-corrected chi connectivity index (χ2v) is 3.82. The van der Waals surface area contributed by atoms with Gasteiger partial charge in [-0.1, -0.05) is 5.16 Å². The lowest BCUT2D eigenvalue weighted by Gasteiger charge is -2.03. The minimum atomic E-state index is -0.373. The Kier molecular flexibility index (Phi) is 2.66. The predicted octanol–water partition coefficient (Wildman–Crippen LogP) is 1.30. The maximum Gasteiger partial charge on any atom is 0.244 e. The first-order valence-corrected chi connectivity index (χ1v) is 5.43. The number of hydrogen-bond donors (Lipinski definition) is 2. The second-order valence-electron chi connectivity index (χ2n) is 3.82. The second kappa shape index (κ2) is 4.46. The van der Waals surface area contributed by atoms with Crippen LogP contribution in [0.25, 0.3) is 11.6 Å². The lowest BCUT2D eigenvalue weighted by atomic mass is 10.2. The molecule has 0 spiro atoms. The third kappa shape index (κ3) is 2.03. The van der Waals surface area contributed by atoms with E-state index in [0.29, 0.717) is 23.9 Å². The van der Waals surface area contributed by atoms with Gasteiger partial charge in [0.05, 0.1) is 18.6 Å². The molecule has 3 aromatic rings. The molecule has 0 saturated heterocycles. The summed E-state index contributed by atoms with van der Waals surface area (Å²) >= 11 is 0. The van der Waals surface area contributed by atoms with E-state index >= 15 is 0 Å². The van der Waals surface area contributed by atoms with E-state index in [2.05, 4.69) is 20.1 Å². The Bertz CT molecular complexity index is 599. The van der Waals surface area contributed by atoms with Crippen LogP contribution in [0.4, 0.5) is 0 Å². The first-order chi connectivity index (χ1) is 8.83. The van der Waals surface area contributed by atoms with Gasteiger partial charge in [-0.3, -0.25) is 0 Å². The number of nitrogens with two attached hydrogens (primary N) is 1. The van der Waals surface area contributed by atoms with E-state index in [9.17, 15) is 0 Å². The molecule has 3 aromatic heterocycles. The van der Waals surface area contributed by atoms with Crippen molar-refractivity contribution in [2.75, 3.05) is 0 Å². The van der Waals surface area contributed by atoms with Gasteiger partial charge >= 0.3 is 0 Å². The van der Waals surface area contributed by atoms with Crippen molar-refractivity contribution in [2.45, 2.75) is 12.5 Å². The number of furan rings is 1. The smallest absolute Gasteiger partial charge is 0.244 e. The summed E-state index contributed by atoms with van der Waals surface area (Å²) in [6, 6.07) is 3.15. The van der Waals surface area contributed by atoms with E-state index in [0.717, 1.165) is 5.69 Å². The van der Waals surface area contributed by atoms with Crippen molar-refractivity contribution in [1.29, 1.82) is 0 Å². The average Bonchev–Trinajstić information content (AvgIpc) is 3.11. The van der Waals surface area contributed by atoms with Gasteiger partial charge in [-0.15, -0.1) is 0 Å². The molecule has 0 aliphatic carbocycles. The monoisotopic (exact) mass is 245 g/mol. The van der Waals surface area contributed by atoms with Crippen LogP contribution in [0.2, 0.25) is 0 Å². The summed E-state index contributed by atoms with van der Waals surface area (Å²) in [5.74, 6) is 1.32. The molecule has 0 amide bonds. The molecule has 3 heterocycles. The van der Waals surface area contributed by atoms with Crippen LogP contribution in [-0.4, -0.2) is 20.1 Å². The van der Waals surface area contributed by atoms with Crippen molar-refractivity contribution in [2.24, 2.45) is 5.73 Å². The zero-order valence-electron chi connectivity index (χ0n) is 9.41. The van der Waals surface area contributed by atoms with Crippen molar-refractivity contribution in [3.8, 4) is 11.6 Å². The predicted molar refractivity (Wildman–Crippen MR) is 61.2 cm³/mol. The molecule has 18 heavy (non-hydrogen) atoms. The Morgan fingerprint density at radius 2 is 2.39 bits per heavy atom. The highest BCUT2D eigenvalue weighted by atomic mass is 16.5. The van der Waals surface area contributed by atoms with Crippen LogP contribution in [0.5, 0.6) is 0 Å². The highest BCUT2D eigenvalue weighted by Gasteiger charge is 2.17. The van der Waals surface area contributed by atoms with E-state index < -0.39 is 0 Å². The van der Waals surface area contributed by atoms with E-state index in [1.807, 2.05) is 0 Å². The summed E-state index contributed by atoms with van der Waals surface area (Å²) in [4.78, 5) is 11.1. The van der Waals surface area contributed by atoms with Crippen LogP contribution < -0.4 is 5.73 Å². The molecule has 1 unspecified atom stereocenters. The average molecular weight is 245 g/mol. The molecular formula is C11H11N5O2. The number of imidazole rings is 1. The fourth-order valence-electron chi connectivity index (χ4n) is 1.61. The quantitative estimate of drug-likeness (QED) is 0.717. The molecule has 7 heteroatoms. The number of H-pyrrole nitrogens is 1. The van der Waals surface area contributed by atoms with Gasteiger partial charge in [0.25, 0.3) is 0 Å². The van der Waals surface area contributed by atoms with Gasteiger partial charge in [-0.2, -0.15) is 4.98 Å². The number of rotatable bonds is 4. The normalized spacial score (nSPS) is 12.7. The standard InChI is InChI=1S/C11H11N5O2/c12-8(4-7-5-13-6-14-7)11-15-10(16-18-11)9-2-1-3-17-9/h1-3,5-6,8H,4,12H2,(H,13,14). The fraction of sp³-hybridized carbons (Fsp3) is 0.182. The van der Waals surface area contributed by atoms with Crippen LogP contribution in [0.1, 0.15) is 17.6 Å². The van der Waals surface area contributed by atoms with Gasteiger partial charge in [0.1, 0.15) is 0 Å². The summed E-state index contributed by atoms with van der Waals surface area (Å²) in [7, 11) is 0. The number of aromatic nitrogens is 4. The Labute approximate surface area is 102 Å².